The molecule has 266 valence electrons. The number of rotatable bonds is 6. The fourth-order valence-electron chi connectivity index (χ4n) is 6.56. The summed E-state index contributed by atoms with van der Waals surface area (Å²) in [5.74, 6) is -3.86. The van der Waals surface area contributed by atoms with Crippen LogP contribution in [0, 0.1) is 0 Å². The Bertz CT molecular complexity index is 2080. The number of hydrogen-bond acceptors (Lipinski definition) is 14. The molecule has 0 aliphatic carbocycles. The molecule has 1 fully saturated rings. The van der Waals surface area contributed by atoms with Crippen molar-refractivity contribution in [3.05, 3.63) is 89.5 Å². The first kappa shape index (κ1) is 33.9. The van der Waals surface area contributed by atoms with Crippen LogP contribution in [0.2, 0.25) is 0 Å². The summed E-state index contributed by atoms with van der Waals surface area (Å²) in [6, 6.07) is 15.8. The van der Waals surface area contributed by atoms with Crippen molar-refractivity contribution in [2.24, 2.45) is 0 Å². The molecule has 4 aromatic carbocycles. The Morgan fingerprint density at radius 1 is 0.647 bits per heavy atom. The fourth-order valence-corrected chi connectivity index (χ4v) is 6.56. The summed E-state index contributed by atoms with van der Waals surface area (Å²) < 4.78 is 23.9. The molecule has 51 heavy (non-hydrogen) atoms. The molecule has 1 unspecified atom stereocenters. The molecule has 0 amide bonds. The number of ether oxygens (including phenoxy) is 3. The van der Waals surface area contributed by atoms with Crippen LogP contribution >= 0.6 is 0 Å². The second-order valence-electron chi connectivity index (χ2n) is 12.3. The number of aliphatic hydroxyl groups is 5. The van der Waals surface area contributed by atoms with Gasteiger partial charge in [0.15, 0.2) is 6.10 Å². The van der Waals surface area contributed by atoms with Crippen molar-refractivity contribution >= 4 is 11.0 Å². The standard InChI is InChI=1S/C36H32O15/c37-13-25-29(44)31(46)32(47)36(50-25)49-24-11-19-20(41)12-22(43)27(35(19)51-33(24)14-1-5-16(38)6-2-14)28-26-21(42)9-18(40)10-23(26)48-34(30(28)45)15-3-7-17(39)8-4-15/h1-12,25,28-32,34,36-37,44-47H,13H2,(H5-,38,39,40,41,42,43)/p+1/t25-,28?,29-,30+,31+,32-,34-,36-/m1/s1. The zero-order chi connectivity index (χ0) is 36.3. The topological polar surface area (TPSA) is 262 Å². The minimum atomic E-state index is -1.82. The largest absolute Gasteiger partial charge is 0.508 e. The van der Waals surface area contributed by atoms with Gasteiger partial charge >= 0.3 is 11.3 Å². The molecule has 7 rings (SSSR count). The third-order valence-electron chi connectivity index (χ3n) is 9.09. The van der Waals surface area contributed by atoms with Gasteiger partial charge in [-0.05, 0) is 42.0 Å². The van der Waals surface area contributed by atoms with Crippen molar-refractivity contribution in [3.8, 4) is 57.3 Å². The van der Waals surface area contributed by atoms with Crippen LogP contribution in [0.5, 0.6) is 46.0 Å². The molecule has 1 aromatic heterocycles. The fraction of sp³-hybridized carbons (Fsp3) is 0.250. The van der Waals surface area contributed by atoms with Crippen LogP contribution in [-0.2, 0) is 4.74 Å². The molecule has 11 N–H and O–H groups in total. The van der Waals surface area contributed by atoms with Crippen molar-refractivity contribution in [3.63, 3.8) is 0 Å². The van der Waals surface area contributed by atoms with E-state index in [1.54, 1.807) is 0 Å². The van der Waals surface area contributed by atoms with Gasteiger partial charge in [0, 0.05) is 29.8 Å². The van der Waals surface area contributed by atoms with Gasteiger partial charge in [0.05, 0.1) is 18.1 Å². The summed E-state index contributed by atoms with van der Waals surface area (Å²) in [5.41, 5.74) is 0.249. The molecule has 0 radical (unpaired) electrons. The summed E-state index contributed by atoms with van der Waals surface area (Å²) in [6.07, 6.45) is -11.0. The van der Waals surface area contributed by atoms with Gasteiger partial charge in [0.1, 0.15) is 81.7 Å². The second kappa shape index (κ2) is 13.0. The molecule has 8 atom stereocenters. The highest BCUT2D eigenvalue weighted by molar-refractivity contribution is 5.92. The number of aromatic hydroxyl groups is 6. The van der Waals surface area contributed by atoms with Gasteiger partial charge < -0.3 is 70.4 Å². The number of fused-ring (bicyclic) bond motifs is 2. The van der Waals surface area contributed by atoms with Gasteiger partial charge in [-0.25, -0.2) is 4.42 Å². The number of benzene rings is 4. The van der Waals surface area contributed by atoms with E-state index in [1.807, 2.05) is 0 Å². The summed E-state index contributed by atoms with van der Waals surface area (Å²) in [5, 5.41) is 117. The average molecular weight is 706 g/mol. The Hall–Kier alpha value is -5.55. The van der Waals surface area contributed by atoms with E-state index >= 15 is 0 Å². The molecular weight excluding hydrogens is 672 g/mol. The highest BCUT2D eigenvalue weighted by atomic mass is 16.7. The molecule has 5 aromatic rings. The maximum atomic E-state index is 12.0. The molecular formula is C36H33O15+. The lowest BCUT2D eigenvalue weighted by Gasteiger charge is -2.39. The predicted molar refractivity (Wildman–Crippen MR) is 175 cm³/mol. The van der Waals surface area contributed by atoms with E-state index in [9.17, 15) is 56.2 Å². The van der Waals surface area contributed by atoms with Crippen molar-refractivity contribution in [1.29, 1.82) is 0 Å². The Labute approximate surface area is 287 Å². The van der Waals surface area contributed by atoms with Gasteiger partial charge in [-0.1, -0.05) is 12.1 Å². The van der Waals surface area contributed by atoms with Crippen LogP contribution in [-0.4, -0.2) is 99.6 Å². The van der Waals surface area contributed by atoms with Gasteiger partial charge in [-0.3, -0.25) is 0 Å². The normalized spacial score (nSPS) is 26.0. The molecule has 2 aliphatic heterocycles. The van der Waals surface area contributed by atoms with E-state index in [1.165, 1.54) is 60.7 Å². The van der Waals surface area contributed by atoms with Crippen molar-refractivity contribution in [2.45, 2.75) is 48.8 Å². The molecule has 1 saturated heterocycles. The van der Waals surface area contributed by atoms with Crippen LogP contribution in [0.15, 0.2) is 77.2 Å². The zero-order valence-corrected chi connectivity index (χ0v) is 26.3. The van der Waals surface area contributed by atoms with Gasteiger partial charge in [-0.2, -0.15) is 0 Å². The Morgan fingerprint density at radius 3 is 1.96 bits per heavy atom. The molecule has 0 bridgehead atoms. The SMILES string of the molecule is OC[C@H]1O[C@@H](Oc2cc3c(O)cc(O)c(C4c5c(O)cc(O)cc5O[C@H](c5ccc(O)cc5)[C@H]4O)c3[o+]c2-c2ccc(O)cc2)[C@H](O)[C@@H](O)[C@@H]1O. The lowest BCUT2D eigenvalue weighted by Crippen LogP contribution is -2.60. The number of aliphatic hydroxyl groups excluding tert-OH is 5. The second-order valence-corrected chi connectivity index (χ2v) is 12.3. The highest BCUT2D eigenvalue weighted by Crippen LogP contribution is 2.55. The van der Waals surface area contributed by atoms with Crippen LogP contribution in [0.4, 0.5) is 0 Å². The van der Waals surface area contributed by atoms with Crippen LogP contribution in [0.3, 0.4) is 0 Å². The Balaban J connectivity index is 1.45. The van der Waals surface area contributed by atoms with Crippen LogP contribution < -0.4 is 9.47 Å². The third-order valence-corrected chi connectivity index (χ3v) is 9.09. The van der Waals surface area contributed by atoms with Crippen molar-refractivity contribution in [1.82, 2.24) is 0 Å². The van der Waals surface area contributed by atoms with E-state index in [-0.39, 0.29) is 62.2 Å². The Kier molecular flexibility index (Phi) is 8.62. The smallest absolute Gasteiger partial charge is 0.402 e. The number of phenolic OH excluding ortho intramolecular Hbond substituents is 6. The number of phenols is 6. The first-order valence-electron chi connectivity index (χ1n) is 15.7. The summed E-state index contributed by atoms with van der Waals surface area (Å²) in [6.45, 7) is -0.730. The third kappa shape index (κ3) is 5.91. The van der Waals surface area contributed by atoms with Crippen LogP contribution in [0.1, 0.15) is 28.7 Å². The summed E-state index contributed by atoms with van der Waals surface area (Å²) in [7, 11) is 0. The van der Waals surface area contributed by atoms with Crippen molar-refractivity contribution in [2.75, 3.05) is 6.61 Å². The minimum Gasteiger partial charge on any atom is -0.508 e. The molecule has 0 spiro atoms. The lowest BCUT2D eigenvalue weighted by atomic mass is 9.78. The molecule has 15 heteroatoms. The first-order valence-corrected chi connectivity index (χ1v) is 15.7. The molecule has 3 heterocycles. The molecule has 2 aliphatic rings. The summed E-state index contributed by atoms with van der Waals surface area (Å²) in [4.78, 5) is 0. The minimum absolute atomic E-state index is 0.0411. The first-order chi connectivity index (χ1) is 24.4. The zero-order valence-electron chi connectivity index (χ0n) is 26.3. The van der Waals surface area contributed by atoms with E-state index in [4.69, 9.17) is 18.6 Å². The van der Waals surface area contributed by atoms with E-state index in [0.717, 1.165) is 12.1 Å². The van der Waals surface area contributed by atoms with Gasteiger partial charge in [0.25, 0.3) is 0 Å². The Morgan fingerprint density at radius 2 is 1.29 bits per heavy atom. The maximum absolute atomic E-state index is 12.0. The molecule has 15 nitrogen and oxygen atoms in total. The highest BCUT2D eigenvalue weighted by Gasteiger charge is 2.48. The van der Waals surface area contributed by atoms with Crippen LogP contribution in [0.25, 0.3) is 22.3 Å². The predicted octanol–water partition coefficient (Wildman–Crippen LogP) is 2.42. The van der Waals surface area contributed by atoms with E-state index < -0.39 is 72.7 Å². The summed E-state index contributed by atoms with van der Waals surface area (Å²) >= 11 is 0. The van der Waals surface area contributed by atoms with Crippen molar-refractivity contribution < 1.29 is 74.8 Å². The maximum Gasteiger partial charge on any atom is 0.402 e. The molecule has 0 saturated carbocycles. The average Bonchev–Trinajstić information content (AvgIpc) is 3.10. The van der Waals surface area contributed by atoms with Gasteiger partial charge in [-0.15, -0.1) is 0 Å². The van der Waals surface area contributed by atoms with E-state index in [2.05, 4.69) is 0 Å². The van der Waals surface area contributed by atoms with E-state index in [0.29, 0.717) is 5.56 Å². The monoisotopic (exact) mass is 705 g/mol. The quantitative estimate of drug-likeness (QED) is 0.113. The number of hydrogen-bond donors (Lipinski definition) is 11. The van der Waals surface area contributed by atoms with Gasteiger partial charge in [0.2, 0.25) is 12.0 Å². The lowest BCUT2D eigenvalue weighted by molar-refractivity contribution is -0.277.